The number of rotatable bonds is 11. The lowest BCUT2D eigenvalue weighted by molar-refractivity contribution is 0.538. The van der Waals surface area contributed by atoms with Gasteiger partial charge in [0.15, 0.2) is 0 Å². The van der Waals surface area contributed by atoms with E-state index in [1.54, 1.807) is 6.07 Å². The minimum absolute atomic E-state index is 0.0294. The molecule has 1 unspecified atom stereocenters. The van der Waals surface area contributed by atoms with E-state index >= 15 is 0 Å². The van der Waals surface area contributed by atoms with E-state index in [2.05, 4.69) is 27.2 Å². The fraction of sp³-hybridized carbons (Fsp3) is 0.231. The van der Waals surface area contributed by atoms with Crippen molar-refractivity contribution in [1.82, 2.24) is 15.0 Å². The van der Waals surface area contributed by atoms with Crippen molar-refractivity contribution >= 4 is 44.1 Å². The van der Waals surface area contributed by atoms with Gasteiger partial charge < -0.3 is 10.3 Å². The van der Waals surface area contributed by atoms with Gasteiger partial charge in [-0.05, 0) is 79.4 Å². The maximum absolute atomic E-state index is 13.9. The van der Waals surface area contributed by atoms with Crippen molar-refractivity contribution in [3.05, 3.63) is 99.9 Å². The van der Waals surface area contributed by atoms with Crippen molar-refractivity contribution in [3.8, 4) is 0 Å². The second kappa shape index (κ2) is 11.5. The summed E-state index contributed by atoms with van der Waals surface area (Å²) in [6.07, 6.45) is 3.51. The Labute approximate surface area is 214 Å². The van der Waals surface area contributed by atoms with E-state index in [1.807, 2.05) is 24.4 Å². The van der Waals surface area contributed by atoms with Gasteiger partial charge in [-0.25, -0.2) is 17.5 Å². The molecule has 4 aromatic rings. The van der Waals surface area contributed by atoms with Crippen LogP contribution in [0.5, 0.6) is 0 Å². The van der Waals surface area contributed by atoms with Crippen molar-refractivity contribution in [2.24, 2.45) is 0 Å². The molecule has 0 saturated carbocycles. The van der Waals surface area contributed by atoms with E-state index in [9.17, 15) is 12.8 Å². The number of H-pyrrole nitrogens is 1. The molecule has 1 heterocycles. The minimum atomic E-state index is -3.81. The van der Waals surface area contributed by atoms with Crippen LogP contribution in [-0.4, -0.2) is 33.0 Å². The zero-order chi connectivity index (χ0) is 24.8. The molecule has 0 spiro atoms. The predicted molar refractivity (Wildman–Crippen MR) is 140 cm³/mol. The Balaban J connectivity index is 1.37. The van der Waals surface area contributed by atoms with E-state index in [0.29, 0.717) is 13.0 Å². The summed E-state index contributed by atoms with van der Waals surface area (Å²) >= 11 is 11.9. The second-order valence-corrected chi connectivity index (χ2v) is 10.9. The van der Waals surface area contributed by atoms with E-state index in [-0.39, 0.29) is 33.2 Å². The van der Waals surface area contributed by atoms with Gasteiger partial charge in [-0.3, -0.25) is 0 Å². The summed E-state index contributed by atoms with van der Waals surface area (Å²) in [5, 5.41) is 5.08. The Bertz CT molecular complexity index is 1410. The first-order chi connectivity index (χ1) is 16.8. The summed E-state index contributed by atoms with van der Waals surface area (Å²) in [4.78, 5) is 3.31. The van der Waals surface area contributed by atoms with E-state index in [0.717, 1.165) is 24.0 Å². The molecule has 0 aliphatic carbocycles. The van der Waals surface area contributed by atoms with E-state index in [1.165, 1.54) is 41.3 Å². The summed E-state index contributed by atoms with van der Waals surface area (Å²) in [6, 6.07) is 18.6. The number of sulfonamides is 1. The van der Waals surface area contributed by atoms with Gasteiger partial charge in [-0.15, -0.1) is 0 Å². The van der Waals surface area contributed by atoms with E-state index in [4.69, 9.17) is 23.2 Å². The van der Waals surface area contributed by atoms with Crippen LogP contribution >= 0.6 is 23.2 Å². The van der Waals surface area contributed by atoms with Crippen LogP contribution in [0, 0.1) is 5.82 Å². The molecule has 0 aliphatic rings. The van der Waals surface area contributed by atoms with Crippen LogP contribution in [0.15, 0.2) is 77.8 Å². The van der Waals surface area contributed by atoms with Gasteiger partial charge >= 0.3 is 0 Å². The molecule has 0 amide bonds. The van der Waals surface area contributed by atoms with Gasteiger partial charge in [0.2, 0.25) is 10.0 Å². The number of aromatic nitrogens is 1. The number of hydrogen-bond donors (Lipinski definition) is 3. The third-order valence-electron chi connectivity index (χ3n) is 5.96. The predicted octanol–water partition coefficient (Wildman–Crippen LogP) is 5.90. The highest BCUT2D eigenvalue weighted by Gasteiger charge is 2.19. The Morgan fingerprint density at radius 1 is 0.943 bits per heavy atom. The molecule has 0 fully saturated rings. The molecule has 9 heteroatoms. The maximum Gasteiger partial charge on any atom is 0.240 e. The number of fused-ring (bicyclic) bond motifs is 1. The summed E-state index contributed by atoms with van der Waals surface area (Å²) in [6.45, 7) is 1.54. The zero-order valence-corrected chi connectivity index (χ0v) is 21.2. The summed E-state index contributed by atoms with van der Waals surface area (Å²) < 4.78 is 42.1. The molecule has 184 valence electrons. The summed E-state index contributed by atoms with van der Waals surface area (Å²) in [5.41, 5.74) is 3.09. The first-order valence-electron chi connectivity index (χ1n) is 11.3. The molecule has 3 N–H and O–H groups in total. The fourth-order valence-corrected chi connectivity index (χ4v) is 5.52. The van der Waals surface area contributed by atoms with Crippen molar-refractivity contribution < 1.29 is 12.8 Å². The first kappa shape index (κ1) is 25.7. The molecular weight excluding hydrogens is 508 g/mol. The Morgan fingerprint density at radius 2 is 1.77 bits per heavy atom. The van der Waals surface area contributed by atoms with Gasteiger partial charge in [0, 0.05) is 23.6 Å². The molecule has 0 aliphatic heterocycles. The SMILES string of the molecule is O=S(=O)(NCC(CCNCCc1c[nH]c2ccccc12)c1cccc(F)c1)c1ccc(Cl)c(Cl)c1. The molecule has 0 bridgehead atoms. The maximum atomic E-state index is 13.9. The number of nitrogens with one attached hydrogen (secondary N) is 3. The number of aromatic amines is 1. The topological polar surface area (TPSA) is 74.0 Å². The monoisotopic (exact) mass is 533 g/mol. The van der Waals surface area contributed by atoms with Crippen LogP contribution in [0.25, 0.3) is 10.9 Å². The number of para-hydroxylation sites is 1. The summed E-state index contributed by atoms with van der Waals surface area (Å²) in [7, 11) is -3.81. The molecule has 5 nitrogen and oxygen atoms in total. The molecule has 1 atom stereocenters. The van der Waals surface area contributed by atoms with Crippen LogP contribution in [0.1, 0.15) is 23.5 Å². The molecule has 4 rings (SSSR count). The Morgan fingerprint density at radius 3 is 2.57 bits per heavy atom. The lowest BCUT2D eigenvalue weighted by atomic mass is 9.96. The molecular formula is C26H26Cl2FN3O2S. The van der Waals surface area contributed by atoms with Gasteiger partial charge in [-0.2, -0.15) is 0 Å². The standard InChI is InChI=1S/C26H26Cl2FN3O2S/c27-24-9-8-22(15-25(24)28)35(33,34)32-17-19(18-4-3-5-21(29)14-18)10-12-30-13-11-20-16-31-26-7-2-1-6-23(20)26/h1-9,14-16,19,30-32H,10-13,17H2. The molecule has 3 aromatic carbocycles. The van der Waals surface area contributed by atoms with Gasteiger partial charge in [0.25, 0.3) is 0 Å². The first-order valence-corrected chi connectivity index (χ1v) is 13.5. The van der Waals surface area contributed by atoms with Gasteiger partial charge in [-0.1, -0.05) is 53.5 Å². The average molecular weight is 534 g/mol. The second-order valence-electron chi connectivity index (χ2n) is 8.33. The van der Waals surface area contributed by atoms with Crippen LogP contribution in [0.2, 0.25) is 10.0 Å². The Hall–Kier alpha value is -2.42. The van der Waals surface area contributed by atoms with Crippen molar-refractivity contribution in [2.75, 3.05) is 19.6 Å². The molecule has 0 radical (unpaired) electrons. The minimum Gasteiger partial charge on any atom is -0.361 e. The third kappa shape index (κ3) is 6.63. The molecule has 0 saturated heterocycles. The smallest absolute Gasteiger partial charge is 0.240 e. The largest absolute Gasteiger partial charge is 0.361 e. The number of halogens is 3. The normalized spacial score (nSPS) is 12.8. The lowest BCUT2D eigenvalue weighted by Gasteiger charge is -2.19. The van der Waals surface area contributed by atoms with E-state index < -0.39 is 10.0 Å². The quantitative estimate of drug-likeness (QED) is 0.210. The highest BCUT2D eigenvalue weighted by atomic mass is 35.5. The molecule has 35 heavy (non-hydrogen) atoms. The molecule has 1 aromatic heterocycles. The number of benzene rings is 3. The van der Waals surface area contributed by atoms with Gasteiger partial charge in [0.05, 0.1) is 14.9 Å². The zero-order valence-electron chi connectivity index (χ0n) is 18.9. The van der Waals surface area contributed by atoms with Crippen molar-refractivity contribution in [1.29, 1.82) is 0 Å². The van der Waals surface area contributed by atoms with Gasteiger partial charge in [0.1, 0.15) is 5.82 Å². The van der Waals surface area contributed by atoms with Crippen LogP contribution < -0.4 is 10.0 Å². The lowest BCUT2D eigenvalue weighted by Crippen LogP contribution is -2.30. The average Bonchev–Trinajstić information content (AvgIpc) is 3.25. The number of hydrogen-bond acceptors (Lipinski definition) is 3. The van der Waals surface area contributed by atoms with Crippen LogP contribution in [0.4, 0.5) is 4.39 Å². The van der Waals surface area contributed by atoms with Crippen LogP contribution in [0.3, 0.4) is 0 Å². The van der Waals surface area contributed by atoms with Crippen molar-refractivity contribution in [2.45, 2.75) is 23.7 Å². The fourth-order valence-electron chi connectivity index (χ4n) is 4.05. The highest BCUT2D eigenvalue weighted by molar-refractivity contribution is 7.89. The highest BCUT2D eigenvalue weighted by Crippen LogP contribution is 2.26. The van der Waals surface area contributed by atoms with Crippen molar-refractivity contribution in [3.63, 3.8) is 0 Å². The summed E-state index contributed by atoms with van der Waals surface area (Å²) in [5.74, 6) is -0.573. The Kier molecular flexibility index (Phi) is 8.46. The van der Waals surface area contributed by atoms with Crippen LogP contribution in [-0.2, 0) is 16.4 Å². The third-order valence-corrected chi connectivity index (χ3v) is 8.12.